The monoisotopic (exact) mass is 227 g/mol. The van der Waals surface area contributed by atoms with Crippen molar-refractivity contribution in [1.82, 2.24) is 0 Å². The number of hydrogen-bond acceptors (Lipinski definition) is 3. The second-order valence-electron chi connectivity index (χ2n) is 4.26. The molecule has 1 aromatic carbocycles. The molecule has 0 radical (unpaired) electrons. The lowest BCUT2D eigenvalue weighted by Gasteiger charge is -2.24. The molecule has 0 aromatic heterocycles. The Morgan fingerprint density at radius 2 is 2.00 bits per heavy atom. The molecule has 17 heavy (non-hydrogen) atoms. The molecule has 0 heterocycles. The van der Waals surface area contributed by atoms with Crippen molar-refractivity contribution in [3.63, 3.8) is 0 Å². The van der Waals surface area contributed by atoms with E-state index in [9.17, 15) is 4.79 Å². The molecule has 1 rings (SSSR count). The zero-order valence-corrected chi connectivity index (χ0v) is 10.1. The maximum Gasteiger partial charge on any atom is 0.246 e. The second kappa shape index (κ2) is 4.67. The minimum absolute atomic E-state index is 0.296. The van der Waals surface area contributed by atoms with Gasteiger partial charge in [0.1, 0.15) is 5.41 Å². The van der Waals surface area contributed by atoms with Crippen LogP contribution in [0, 0.1) is 28.1 Å². The number of rotatable bonds is 2. The van der Waals surface area contributed by atoms with Gasteiger partial charge in [0.15, 0.2) is 0 Å². The van der Waals surface area contributed by atoms with Crippen molar-refractivity contribution in [2.24, 2.45) is 5.41 Å². The fraction of sp³-hybridized carbons (Fsp3) is 0.308. The van der Waals surface area contributed by atoms with Gasteiger partial charge >= 0.3 is 0 Å². The van der Waals surface area contributed by atoms with Crippen LogP contribution in [0.25, 0.3) is 0 Å². The molecule has 0 aliphatic heterocycles. The number of anilines is 1. The van der Waals surface area contributed by atoms with Gasteiger partial charge in [-0.15, -0.1) is 0 Å². The van der Waals surface area contributed by atoms with Crippen LogP contribution in [0.4, 0.5) is 5.69 Å². The molecule has 1 amide bonds. The highest BCUT2D eigenvalue weighted by atomic mass is 16.2. The Morgan fingerprint density at radius 1 is 1.35 bits per heavy atom. The maximum absolute atomic E-state index is 12.0. The minimum Gasteiger partial charge on any atom is -0.314 e. The average molecular weight is 227 g/mol. The number of nitrogens with zero attached hydrogens (tertiary/aromatic N) is 3. The Morgan fingerprint density at radius 3 is 2.53 bits per heavy atom. The van der Waals surface area contributed by atoms with Gasteiger partial charge in [0.25, 0.3) is 0 Å². The van der Waals surface area contributed by atoms with E-state index in [-0.39, 0.29) is 5.91 Å². The molecule has 4 nitrogen and oxygen atoms in total. The van der Waals surface area contributed by atoms with Gasteiger partial charge in [-0.2, -0.15) is 10.5 Å². The van der Waals surface area contributed by atoms with E-state index >= 15 is 0 Å². The number of carbonyl (C=O) groups is 1. The van der Waals surface area contributed by atoms with E-state index in [2.05, 4.69) is 0 Å². The summed E-state index contributed by atoms with van der Waals surface area (Å²) in [6.45, 7) is 3.14. The summed E-state index contributed by atoms with van der Waals surface area (Å²) < 4.78 is 0. The standard InChI is InChI=1S/C13H13N3O/c1-13(2,9-15)12(17)16(3)11-6-4-5-10(7-11)8-14/h4-7H,1-3H3. The van der Waals surface area contributed by atoms with Crippen LogP contribution in [0.1, 0.15) is 19.4 Å². The normalized spacial score (nSPS) is 10.2. The molecule has 4 heteroatoms. The van der Waals surface area contributed by atoms with Gasteiger partial charge in [0.05, 0.1) is 17.7 Å². The van der Waals surface area contributed by atoms with Gasteiger partial charge in [-0.3, -0.25) is 4.79 Å². The first-order chi connectivity index (χ1) is 7.92. The minimum atomic E-state index is -1.07. The smallest absolute Gasteiger partial charge is 0.246 e. The maximum atomic E-state index is 12.0. The van der Waals surface area contributed by atoms with E-state index in [0.717, 1.165) is 0 Å². The van der Waals surface area contributed by atoms with E-state index < -0.39 is 5.41 Å². The van der Waals surface area contributed by atoms with Crippen LogP contribution in [0.3, 0.4) is 0 Å². The van der Waals surface area contributed by atoms with Crippen LogP contribution < -0.4 is 4.90 Å². The summed E-state index contributed by atoms with van der Waals surface area (Å²) in [6.07, 6.45) is 0. The Balaban J connectivity index is 3.06. The molecule has 0 saturated carbocycles. The Kier molecular flexibility index (Phi) is 3.50. The first-order valence-corrected chi connectivity index (χ1v) is 5.12. The molecular formula is C13H13N3O. The molecular weight excluding hydrogens is 214 g/mol. The van der Waals surface area contributed by atoms with Gasteiger partial charge in [0.2, 0.25) is 5.91 Å². The zero-order chi connectivity index (χ0) is 13.1. The topological polar surface area (TPSA) is 67.9 Å². The van der Waals surface area contributed by atoms with Gasteiger partial charge < -0.3 is 4.90 Å². The Hall–Kier alpha value is -2.33. The highest BCUT2D eigenvalue weighted by Crippen LogP contribution is 2.22. The molecule has 0 fully saturated rings. The summed E-state index contributed by atoms with van der Waals surface area (Å²) >= 11 is 0. The van der Waals surface area contributed by atoms with Crippen LogP contribution in [0.5, 0.6) is 0 Å². The van der Waals surface area contributed by atoms with Crippen molar-refractivity contribution < 1.29 is 4.79 Å². The number of carbonyl (C=O) groups excluding carboxylic acids is 1. The van der Waals surface area contributed by atoms with E-state index in [1.165, 1.54) is 4.90 Å². The van der Waals surface area contributed by atoms with Crippen LogP contribution >= 0.6 is 0 Å². The van der Waals surface area contributed by atoms with E-state index in [4.69, 9.17) is 10.5 Å². The third-order valence-corrected chi connectivity index (χ3v) is 2.48. The largest absolute Gasteiger partial charge is 0.314 e. The van der Waals surface area contributed by atoms with Crippen molar-refractivity contribution in [3.05, 3.63) is 29.8 Å². The van der Waals surface area contributed by atoms with Crippen LogP contribution in [-0.4, -0.2) is 13.0 Å². The molecule has 0 unspecified atom stereocenters. The zero-order valence-electron chi connectivity index (χ0n) is 10.1. The number of amides is 1. The number of hydrogen-bond donors (Lipinski definition) is 0. The van der Waals surface area contributed by atoms with Crippen LogP contribution in [0.15, 0.2) is 24.3 Å². The van der Waals surface area contributed by atoms with Crippen molar-refractivity contribution in [2.45, 2.75) is 13.8 Å². The molecule has 1 aromatic rings. The third kappa shape index (κ3) is 2.62. The van der Waals surface area contributed by atoms with Gasteiger partial charge in [-0.1, -0.05) is 6.07 Å². The number of nitriles is 2. The van der Waals surface area contributed by atoms with E-state index in [0.29, 0.717) is 11.3 Å². The van der Waals surface area contributed by atoms with Gasteiger partial charge in [-0.25, -0.2) is 0 Å². The third-order valence-electron chi connectivity index (χ3n) is 2.48. The van der Waals surface area contributed by atoms with Gasteiger partial charge in [-0.05, 0) is 32.0 Å². The Labute approximate surface area is 101 Å². The lowest BCUT2D eigenvalue weighted by molar-refractivity contribution is -0.123. The van der Waals surface area contributed by atoms with Crippen LogP contribution in [0.2, 0.25) is 0 Å². The molecule has 0 atom stereocenters. The second-order valence-corrected chi connectivity index (χ2v) is 4.26. The SMILES string of the molecule is CN(C(=O)C(C)(C)C#N)c1cccc(C#N)c1. The van der Waals surface area contributed by atoms with E-state index in [1.54, 1.807) is 45.2 Å². The lowest BCUT2D eigenvalue weighted by atomic mass is 9.94. The average Bonchev–Trinajstić information content (AvgIpc) is 2.37. The predicted molar refractivity (Wildman–Crippen MR) is 64.0 cm³/mol. The molecule has 0 spiro atoms. The molecule has 0 saturated heterocycles. The van der Waals surface area contributed by atoms with E-state index in [1.807, 2.05) is 12.1 Å². The van der Waals surface area contributed by atoms with Crippen LogP contribution in [-0.2, 0) is 4.79 Å². The van der Waals surface area contributed by atoms with Gasteiger partial charge in [0, 0.05) is 12.7 Å². The molecule has 0 aliphatic carbocycles. The molecule has 0 N–H and O–H groups in total. The quantitative estimate of drug-likeness (QED) is 0.776. The number of benzene rings is 1. The molecule has 0 aliphatic rings. The summed E-state index contributed by atoms with van der Waals surface area (Å²) in [6, 6.07) is 10.7. The summed E-state index contributed by atoms with van der Waals surface area (Å²) in [5, 5.41) is 17.7. The fourth-order valence-electron chi connectivity index (χ4n) is 1.37. The van der Waals surface area contributed by atoms with Crippen molar-refractivity contribution in [3.8, 4) is 12.1 Å². The summed E-state index contributed by atoms with van der Waals surface area (Å²) in [5.41, 5.74) is 0.0199. The molecule has 0 bridgehead atoms. The first-order valence-electron chi connectivity index (χ1n) is 5.12. The highest BCUT2D eigenvalue weighted by Gasteiger charge is 2.30. The lowest BCUT2D eigenvalue weighted by Crippen LogP contribution is -2.37. The van der Waals surface area contributed by atoms with Crippen molar-refractivity contribution in [1.29, 1.82) is 10.5 Å². The van der Waals surface area contributed by atoms with Crippen molar-refractivity contribution in [2.75, 3.05) is 11.9 Å². The first kappa shape index (κ1) is 12.7. The Bertz CT molecular complexity index is 520. The summed E-state index contributed by atoms with van der Waals surface area (Å²) in [7, 11) is 1.60. The summed E-state index contributed by atoms with van der Waals surface area (Å²) in [5.74, 6) is -0.296. The predicted octanol–water partition coefficient (Wildman–Crippen LogP) is 2.07. The fourth-order valence-corrected chi connectivity index (χ4v) is 1.37. The molecule has 86 valence electrons. The highest BCUT2D eigenvalue weighted by molar-refractivity contribution is 5.98. The van der Waals surface area contributed by atoms with Crippen molar-refractivity contribution >= 4 is 11.6 Å². The summed E-state index contributed by atoms with van der Waals surface area (Å²) in [4.78, 5) is 13.4.